The number of nitrogens with two attached hydrogens (primary N) is 1. The quantitative estimate of drug-likeness (QED) is 0.569. The minimum Gasteiger partial charge on any atom is -0.330 e. The van der Waals surface area contributed by atoms with Crippen LogP contribution in [0.25, 0.3) is 11.4 Å². The predicted molar refractivity (Wildman–Crippen MR) is 72.5 cm³/mol. The second-order valence-electron chi connectivity index (χ2n) is 4.49. The molecule has 102 valence electrons. The largest absolute Gasteiger partial charge is 0.330 e. The third kappa shape index (κ3) is 2.43. The van der Waals surface area contributed by atoms with Crippen molar-refractivity contribution in [2.75, 3.05) is 6.54 Å². The lowest BCUT2D eigenvalue weighted by atomic mass is 10.1. The smallest absolute Gasteiger partial charge is 0.242 e. The molecule has 0 bridgehead atoms. The van der Waals surface area contributed by atoms with Crippen molar-refractivity contribution in [3.63, 3.8) is 0 Å². The van der Waals surface area contributed by atoms with Crippen LogP contribution in [0.1, 0.15) is 11.3 Å². The third-order valence-electron chi connectivity index (χ3n) is 3.19. The lowest BCUT2D eigenvalue weighted by molar-refractivity contribution is -0.694. The summed E-state index contributed by atoms with van der Waals surface area (Å²) in [7, 11) is 0. The van der Waals surface area contributed by atoms with E-state index in [9.17, 15) is 0 Å². The number of rotatable bonds is 5. The first-order chi connectivity index (χ1) is 9.88. The molecule has 0 unspecified atom stereocenters. The Hall–Kier alpha value is -2.54. The van der Waals surface area contributed by atoms with Gasteiger partial charge >= 0.3 is 0 Å². The second-order valence-corrected chi connectivity index (χ2v) is 4.49. The summed E-state index contributed by atoms with van der Waals surface area (Å²) in [5.41, 5.74) is 8.92. The number of aromatic amines is 2. The normalized spacial score (nSPS) is 10.8. The topological polar surface area (TPSA) is 100 Å². The van der Waals surface area contributed by atoms with E-state index in [4.69, 9.17) is 5.73 Å². The Morgan fingerprint density at radius 2 is 2.15 bits per heavy atom. The van der Waals surface area contributed by atoms with Gasteiger partial charge in [-0.25, -0.2) is 9.55 Å². The lowest BCUT2D eigenvalue weighted by Crippen LogP contribution is -2.37. The second kappa shape index (κ2) is 5.62. The average Bonchev–Trinajstić information content (AvgIpc) is 3.12. The number of nitrogens with zero attached hydrogens (tertiary/aromatic N) is 4. The zero-order valence-electron chi connectivity index (χ0n) is 11.0. The fourth-order valence-electron chi connectivity index (χ4n) is 2.24. The molecule has 20 heavy (non-hydrogen) atoms. The fourth-order valence-corrected chi connectivity index (χ4v) is 2.24. The van der Waals surface area contributed by atoms with Crippen LogP contribution in [0.15, 0.2) is 36.8 Å². The molecule has 2 aromatic heterocycles. The van der Waals surface area contributed by atoms with Gasteiger partial charge in [0.15, 0.2) is 0 Å². The van der Waals surface area contributed by atoms with Crippen LogP contribution in [-0.4, -0.2) is 32.2 Å². The van der Waals surface area contributed by atoms with Crippen LogP contribution in [0.4, 0.5) is 0 Å². The highest BCUT2D eigenvalue weighted by Crippen LogP contribution is 2.18. The highest BCUT2D eigenvalue weighted by atomic mass is 15.5. The minimum atomic E-state index is 0.608. The van der Waals surface area contributed by atoms with Crippen molar-refractivity contribution in [2.45, 2.75) is 13.0 Å². The summed E-state index contributed by atoms with van der Waals surface area (Å²) in [6.45, 7) is 1.37. The van der Waals surface area contributed by atoms with Crippen LogP contribution in [0, 0.1) is 0 Å². The predicted octanol–water partition coefficient (Wildman–Crippen LogP) is 0.0318. The molecule has 0 radical (unpaired) electrons. The maximum Gasteiger partial charge on any atom is 0.242 e. The van der Waals surface area contributed by atoms with Gasteiger partial charge in [0.25, 0.3) is 0 Å². The van der Waals surface area contributed by atoms with Gasteiger partial charge in [-0.05, 0) is 11.8 Å². The van der Waals surface area contributed by atoms with Gasteiger partial charge in [0, 0.05) is 17.5 Å². The third-order valence-corrected chi connectivity index (χ3v) is 3.19. The van der Waals surface area contributed by atoms with Crippen molar-refractivity contribution in [3.05, 3.63) is 48.0 Å². The zero-order valence-corrected chi connectivity index (χ0v) is 11.0. The number of hydrogen-bond acceptors (Lipinski definition) is 4. The van der Waals surface area contributed by atoms with Crippen molar-refractivity contribution < 1.29 is 4.57 Å². The van der Waals surface area contributed by atoms with Gasteiger partial charge in [-0.2, -0.15) is 5.21 Å². The van der Waals surface area contributed by atoms with Gasteiger partial charge in [0.2, 0.25) is 12.2 Å². The molecule has 4 N–H and O–H groups in total. The van der Waals surface area contributed by atoms with Crippen LogP contribution in [0.2, 0.25) is 0 Å². The Bertz CT molecular complexity index is 672. The summed E-state index contributed by atoms with van der Waals surface area (Å²) in [6, 6.07) is 8.04. The van der Waals surface area contributed by atoms with Crippen molar-refractivity contribution in [2.24, 2.45) is 5.73 Å². The number of aromatic nitrogens is 6. The molecule has 0 spiro atoms. The summed E-state index contributed by atoms with van der Waals surface area (Å²) in [5.74, 6) is 0.608. The van der Waals surface area contributed by atoms with Gasteiger partial charge in [0.05, 0.1) is 0 Å². The highest BCUT2D eigenvalue weighted by molar-refractivity contribution is 5.58. The number of benzene rings is 1. The molecular weight excluding hydrogens is 254 g/mol. The van der Waals surface area contributed by atoms with Crippen LogP contribution in [-0.2, 0) is 13.0 Å². The van der Waals surface area contributed by atoms with E-state index in [0.29, 0.717) is 12.4 Å². The molecule has 0 atom stereocenters. The van der Waals surface area contributed by atoms with Crippen molar-refractivity contribution >= 4 is 0 Å². The molecule has 0 aliphatic heterocycles. The Kier molecular flexibility index (Phi) is 3.51. The van der Waals surface area contributed by atoms with Crippen LogP contribution in [0.5, 0.6) is 0 Å². The molecule has 0 aliphatic carbocycles. The van der Waals surface area contributed by atoms with Gasteiger partial charge in [-0.3, -0.25) is 0 Å². The molecule has 3 rings (SSSR count). The van der Waals surface area contributed by atoms with Crippen LogP contribution < -0.4 is 10.3 Å². The molecule has 7 heteroatoms. The van der Waals surface area contributed by atoms with Crippen molar-refractivity contribution in [1.29, 1.82) is 0 Å². The van der Waals surface area contributed by atoms with E-state index >= 15 is 0 Å². The molecule has 0 fully saturated rings. The monoisotopic (exact) mass is 270 g/mol. The Morgan fingerprint density at radius 3 is 2.95 bits per heavy atom. The summed E-state index contributed by atoms with van der Waals surface area (Å²) < 4.78 is 2.14. The molecule has 0 amide bonds. The molecule has 0 saturated carbocycles. The van der Waals surface area contributed by atoms with Gasteiger partial charge in [-0.1, -0.05) is 24.3 Å². The van der Waals surface area contributed by atoms with Crippen molar-refractivity contribution in [1.82, 2.24) is 25.6 Å². The van der Waals surface area contributed by atoms with Crippen molar-refractivity contribution in [3.8, 4) is 11.4 Å². The fraction of sp³-hybridized carbons (Fsp3) is 0.231. The zero-order chi connectivity index (χ0) is 13.8. The molecule has 0 aliphatic rings. The summed E-state index contributed by atoms with van der Waals surface area (Å²) in [6.07, 6.45) is 4.76. The van der Waals surface area contributed by atoms with Crippen LogP contribution >= 0.6 is 0 Å². The maximum absolute atomic E-state index is 5.63. The molecular formula is C13H16N7+. The first-order valence-corrected chi connectivity index (χ1v) is 6.45. The van der Waals surface area contributed by atoms with E-state index in [1.165, 1.54) is 5.69 Å². The SMILES string of the molecule is NCCc1c[nH]c[n+]1Cc1ccccc1-c1nn[nH]n1. The first kappa shape index (κ1) is 12.5. The van der Waals surface area contributed by atoms with E-state index in [0.717, 1.165) is 24.1 Å². The Labute approximate surface area is 115 Å². The van der Waals surface area contributed by atoms with E-state index < -0.39 is 0 Å². The lowest BCUT2D eigenvalue weighted by Gasteiger charge is -2.05. The number of hydrogen-bond donors (Lipinski definition) is 3. The van der Waals surface area contributed by atoms with Gasteiger partial charge < -0.3 is 5.73 Å². The Morgan fingerprint density at radius 1 is 1.25 bits per heavy atom. The van der Waals surface area contributed by atoms with Gasteiger partial charge in [0.1, 0.15) is 18.4 Å². The highest BCUT2D eigenvalue weighted by Gasteiger charge is 2.14. The number of tetrazole rings is 1. The number of H-pyrrole nitrogens is 2. The Balaban J connectivity index is 1.93. The molecule has 3 aromatic rings. The summed E-state index contributed by atoms with van der Waals surface area (Å²) >= 11 is 0. The minimum absolute atomic E-state index is 0.608. The van der Waals surface area contributed by atoms with E-state index in [1.54, 1.807) is 0 Å². The van der Waals surface area contributed by atoms with Gasteiger partial charge in [-0.15, -0.1) is 10.2 Å². The summed E-state index contributed by atoms with van der Waals surface area (Å²) in [5, 5.41) is 14.2. The van der Waals surface area contributed by atoms with E-state index in [2.05, 4.69) is 36.2 Å². The average molecular weight is 270 g/mol. The van der Waals surface area contributed by atoms with E-state index in [1.807, 2.05) is 30.7 Å². The maximum atomic E-state index is 5.63. The molecule has 2 heterocycles. The molecule has 7 nitrogen and oxygen atoms in total. The summed E-state index contributed by atoms with van der Waals surface area (Å²) in [4.78, 5) is 3.12. The number of nitrogens with one attached hydrogen (secondary N) is 2. The molecule has 1 aromatic carbocycles. The first-order valence-electron chi connectivity index (χ1n) is 6.45. The van der Waals surface area contributed by atoms with Crippen LogP contribution in [0.3, 0.4) is 0 Å². The number of imidazole rings is 1. The standard InChI is InChI=1S/C13H15N7/c14-6-5-11-7-15-9-20(11)8-10-3-1-2-4-12(10)13-16-18-19-17-13/h1-4,7,9H,5-6,8,14H2,(H,16,17,18,19)/p+1. The molecule has 0 saturated heterocycles. The van der Waals surface area contributed by atoms with E-state index in [-0.39, 0.29) is 0 Å².